The normalized spacial score (nSPS) is 11.2. The number of hydrazone groups is 1. The number of benzene rings is 2. The minimum Gasteiger partial charge on any atom is -0.357 e. The van der Waals surface area contributed by atoms with Crippen LogP contribution >= 0.6 is 12.2 Å². The highest BCUT2D eigenvalue weighted by Gasteiger charge is 2.01. The van der Waals surface area contributed by atoms with Gasteiger partial charge in [-0.3, -0.25) is 5.43 Å². The van der Waals surface area contributed by atoms with Crippen molar-refractivity contribution in [2.24, 2.45) is 5.10 Å². The molecule has 0 unspecified atom stereocenters. The van der Waals surface area contributed by atoms with E-state index in [1.54, 1.807) is 23.1 Å². The van der Waals surface area contributed by atoms with Gasteiger partial charge in [-0.25, -0.2) is 14.1 Å². The van der Waals surface area contributed by atoms with E-state index in [2.05, 4.69) is 25.9 Å². The van der Waals surface area contributed by atoms with Crippen molar-refractivity contribution < 1.29 is 4.39 Å². The maximum atomic E-state index is 12.9. The summed E-state index contributed by atoms with van der Waals surface area (Å²) in [5, 5.41) is 11.8. The van der Waals surface area contributed by atoms with Crippen molar-refractivity contribution >= 4 is 23.0 Å². The highest BCUT2D eigenvalue weighted by molar-refractivity contribution is 7.80. The number of rotatable bonds is 5. The van der Waals surface area contributed by atoms with Crippen molar-refractivity contribution in [2.75, 3.05) is 0 Å². The number of halogens is 1. The zero-order valence-corrected chi connectivity index (χ0v) is 14.9. The van der Waals surface area contributed by atoms with Crippen LogP contribution in [-0.4, -0.2) is 25.6 Å². The topological polar surface area (TPSA) is 67.1 Å². The van der Waals surface area contributed by atoms with Gasteiger partial charge in [0, 0.05) is 6.54 Å². The van der Waals surface area contributed by atoms with Crippen molar-refractivity contribution in [3.8, 4) is 5.69 Å². The second-order valence-corrected chi connectivity index (χ2v) is 5.91. The molecule has 0 spiro atoms. The fraction of sp³-hybridized carbons (Fsp3) is 0.111. The van der Waals surface area contributed by atoms with Gasteiger partial charge < -0.3 is 5.32 Å². The molecule has 6 nitrogen and oxygen atoms in total. The summed E-state index contributed by atoms with van der Waals surface area (Å²) in [7, 11) is 0. The van der Waals surface area contributed by atoms with E-state index in [0.717, 1.165) is 22.5 Å². The standard InChI is InChI=1S/C18H17FN6S/c1-13(15-4-8-17(9-5-15)25-12-20-11-22-25)23-24-18(26)21-10-14-2-6-16(19)7-3-14/h2-9,11-12H,10H2,1H3,(H2,21,24,26)/b23-13-. The first-order valence-electron chi connectivity index (χ1n) is 7.90. The highest BCUT2D eigenvalue weighted by atomic mass is 32.1. The first-order chi connectivity index (χ1) is 12.6. The Morgan fingerprint density at radius 3 is 2.54 bits per heavy atom. The highest BCUT2D eigenvalue weighted by Crippen LogP contribution is 2.09. The van der Waals surface area contributed by atoms with E-state index in [9.17, 15) is 4.39 Å². The monoisotopic (exact) mass is 368 g/mol. The minimum absolute atomic E-state index is 0.260. The number of nitrogens with zero attached hydrogens (tertiary/aromatic N) is 4. The lowest BCUT2D eigenvalue weighted by Crippen LogP contribution is -2.32. The summed E-state index contributed by atoms with van der Waals surface area (Å²) in [6.45, 7) is 2.38. The molecule has 0 aliphatic rings. The van der Waals surface area contributed by atoms with Crippen LogP contribution in [0.5, 0.6) is 0 Å². The molecule has 3 rings (SSSR count). The van der Waals surface area contributed by atoms with Crippen LogP contribution < -0.4 is 10.7 Å². The molecule has 26 heavy (non-hydrogen) atoms. The molecule has 0 saturated carbocycles. The van der Waals surface area contributed by atoms with Gasteiger partial charge in [-0.15, -0.1) is 0 Å². The summed E-state index contributed by atoms with van der Waals surface area (Å²) in [6, 6.07) is 14.0. The van der Waals surface area contributed by atoms with Crippen LogP contribution in [0.3, 0.4) is 0 Å². The molecule has 0 amide bonds. The van der Waals surface area contributed by atoms with Crippen molar-refractivity contribution in [2.45, 2.75) is 13.5 Å². The molecule has 2 N–H and O–H groups in total. The Morgan fingerprint density at radius 1 is 1.15 bits per heavy atom. The SMILES string of the molecule is C/C(=N/NC(=S)NCc1ccc(F)cc1)c1ccc(-n2cncn2)cc1. The Hall–Kier alpha value is -3.13. The van der Waals surface area contributed by atoms with E-state index in [-0.39, 0.29) is 5.82 Å². The first kappa shape index (κ1) is 17.7. The van der Waals surface area contributed by atoms with Crippen molar-refractivity contribution in [3.05, 3.63) is 78.1 Å². The number of thiocarbonyl (C=S) groups is 1. The van der Waals surface area contributed by atoms with Crippen LogP contribution in [-0.2, 0) is 6.54 Å². The summed E-state index contributed by atoms with van der Waals surface area (Å²) in [4.78, 5) is 3.93. The lowest BCUT2D eigenvalue weighted by Gasteiger charge is -2.08. The molecule has 8 heteroatoms. The van der Waals surface area contributed by atoms with Crippen molar-refractivity contribution in [3.63, 3.8) is 0 Å². The van der Waals surface area contributed by atoms with E-state index >= 15 is 0 Å². The van der Waals surface area contributed by atoms with E-state index < -0.39 is 0 Å². The summed E-state index contributed by atoms with van der Waals surface area (Å²) >= 11 is 5.20. The number of aromatic nitrogens is 3. The molecule has 2 aromatic carbocycles. The lowest BCUT2D eigenvalue weighted by molar-refractivity contribution is 0.626. The van der Waals surface area contributed by atoms with Gasteiger partial charge in [0.2, 0.25) is 0 Å². The quantitative estimate of drug-likeness (QED) is 0.412. The Morgan fingerprint density at radius 2 is 1.88 bits per heavy atom. The van der Waals surface area contributed by atoms with Gasteiger partial charge in [0.1, 0.15) is 18.5 Å². The average molecular weight is 368 g/mol. The molecule has 0 radical (unpaired) electrons. The van der Waals surface area contributed by atoms with E-state index in [1.807, 2.05) is 31.2 Å². The third-order valence-corrected chi connectivity index (χ3v) is 3.90. The molecule has 0 aliphatic heterocycles. The van der Waals surface area contributed by atoms with Gasteiger partial charge in [0.25, 0.3) is 0 Å². The molecule has 0 bridgehead atoms. The number of nitrogens with one attached hydrogen (secondary N) is 2. The van der Waals surface area contributed by atoms with Gasteiger partial charge in [-0.05, 0) is 54.5 Å². The second-order valence-electron chi connectivity index (χ2n) is 5.51. The molecular weight excluding hydrogens is 351 g/mol. The van der Waals surface area contributed by atoms with E-state index in [1.165, 1.54) is 18.5 Å². The van der Waals surface area contributed by atoms with Gasteiger partial charge >= 0.3 is 0 Å². The van der Waals surface area contributed by atoms with E-state index in [0.29, 0.717) is 11.7 Å². The lowest BCUT2D eigenvalue weighted by atomic mass is 10.1. The van der Waals surface area contributed by atoms with Gasteiger partial charge in [-0.2, -0.15) is 10.2 Å². The number of hydrogen-bond donors (Lipinski definition) is 2. The van der Waals surface area contributed by atoms with Crippen molar-refractivity contribution in [1.82, 2.24) is 25.5 Å². The minimum atomic E-state index is -0.260. The Bertz CT molecular complexity index is 888. The molecule has 0 aliphatic carbocycles. The molecule has 132 valence electrons. The van der Waals surface area contributed by atoms with Gasteiger partial charge in [-0.1, -0.05) is 24.3 Å². The summed E-state index contributed by atoms with van der Waals surface area (Å²) in [5.41, 5.74) is 6.42. The molecule has 0 saturated heterocycles. The number of hydrogen-bond acceptors (Lipinski definition) is 4. The largest absolute Gasteiger partial charge is 0.357 e. The zero-order valence-electron chi connectivity index (χ0n) is 14.1. The van der Waals surface area contributed by atoms with Crippen LogP contribution in [0.1, 0.15) is 18.1 Å². The predicted octanol–water partition coefficient (Wildman–Crippen LogP) is 2.79. The van der Waals surface area contributed by atoms with Crippen LogP contribution in [0.2, 0.25) is 0 Å². The van der Waals surface area contributed by atoms with Crippen LogP contribution in [0.15, 0.2) is 66.3 Å². The maximum Gasteiger partial charge on any atom is 0.187 e. The second kappa shape index (κ2) is 8.30. The summed E-state index contributed by atoms with van der Waals surface area (Å²) in [6.07, 6.45) is 3.13. The Balaban J connectivity index is 1.54. The molecule has 0 fully saturated rings. The third kappa shape index (κ3) is 4.70. The Labute approximate surface area is 155 Å². The zero-order chi connectivity index (χ0) is 18.4. The summed E-state index contributed by atoms with van der Waals surface area (Å²) < 4.78 is 14.6. The first-order valence-corrected chi connectivity index (χ1v) is 8.30. The smallest absolute Gasteiger partial charge is 0.187 e. The van der Waals surface area contributed by atoms with Crippen LogP contribution in [0.4, 0.5) is 4.39 Å². The van der Waals surface area contributed by atoms with Crippen LogP contribution in [0, 0.1) is 5.82 Å². The molecule has 1 aromatic heterocycles. The predicted molar refractivity (Wildman–Crippen MR) is 103 cm³/mol. The Kier molecular flexibility index (Phi) is 5.65. The van der Waals surface area contributed by atoms with Crippen LogP contribution in [0.25, 0.3) is 5.69 Å². The molecular formula is C18H17FN6S. The summed E-state index contributed by atoms with van der Waals surface area (Å²) in [5.74, 6) is -0.260. The van der Waals surface area contributed by atoms with Crippen molar-refractivity contribution in [1.29, 1.82) is 0 Å². The molecule has 1 heterocycles. The molecule has 3 aromatic rings. The van der Waals surface area contributed by atoms with Gasteiger partial charge in [0.15, 0.2) is 5.11 Å². The van der Waals surface area contributed by atoms with Gasteiger partial charge in [0.05, 0.1) is 11.4 Å². The third-order valence-electron chi connectivity index (χ3n) is 3.66. The van der Waals surface area contributed by atoms with E-state index in [4.69, 9.17) is 12.2 Å². The fourth-order valence-corrected chi connectivity index (χ4v) is 2.34. The fourth-order valence-electron chi connectivity index (χ4n) is 2.22. The maximum absolute atomic E-state index is 12.9. The average Bonchev–Trinajstić information content (AvgIpc) is 3.20. The molecule has 0 atom stereocenters.